The SMILES string of the molecule is COc1ccc(-n2nc(C(C)(C)C)cc2NC(=O)Nc2ccc(Oc3ncnc(N)c3C#N)cc2C)cc1. The average molecular weight is 513 g/mol. The van der Waals surface area contributed by atoms with Crippen LogP contribution >= 0.6 is 0 Å². The number of aryl methyl sites for hydroxylation is 1. The minimum absolute atomic E-state index is 0.0349. The minimum Gasteiger partial charge on any atom is -0.497 e. The van der Waals surface area contributed by atoms with Crippen molar-refractivity contribution in [3.8, 4) is 29.1 Å². The molecule has 2 aromatic heterocycles. The summed E-state index contributed by atoms with van der Waals surface area (Å²) >= 11 is 0. The molecule has 0 unspecified atom stereocenters. The maximum atomic E-state index is 13.0. The molecule has 0 aliphatic heterocycles. The number of anilines is 3. The molecule has 0 atom stereocenters. The molecule has 0 aliphatic carbocycles. The van der Waals surface area contributed by atoms with E-state index in [0.717, 1.165) is 22.7 Å². The van der Waals surface area contributed by atoms with Gasteiger partial charge in [-0.15, -0.1) is 0 Å². The Morgan fingerprint density at radius 2 is 1.76 bits per heavy atom. The fourth-order valence-corrected chi connectivity index (χ4v) is 3.54. The highest BCUT2D eigenvalue weighted by Gasteiger charge is 2.22. The third-order valence-electron chi connectivity index (χ3n) is 5.65. The molecule has 4 rings (SSSR count). The standard InChI is InChI=1S/C27H28N8O3/c1-16-12-19(38-25-20(14-28)24(29)30-15-31-25)10-11-21(16)32-26(36)33-23-13-22(27(2,3)4)34-35(23)17-6-8-18(37-5)9-7-17/h6-13,15H,1-5H3,(H2,29,30,31)(H2,32,33,36). The van der Waals surface area contributed by atoms with Crippen LogP contribution in [0.3, 0.4) is 0 Å². The molecule has 11 heteroatoms. The quantitative estimate of drug-likeness (QED) is 0.320. The van der Waals surface area contributed by atoms with E-state index < -0.39 is 6.03 Å². The molecule has 0 saturated heterocycles. The van der Waals surface area contributed by atoms with E-state index in [2.05, 4.69) is 41.4 Å². The van der Waals surface area contributed by atoms with Crippen LogP contribution in [0.15, 0.2) is 54.9 Å². The van der Waals surface area contributed by atoms with Gasteiger partial charge in [-0.25, -0.2) is 19.4 Å². The number of carbonyl (C=O) groups is 1. The summed E-state index contributed by atoms with van der Waals surface area (Å²) in [4.78, 5) is 20.8. The van der Waals surface area contributed by atoms with E-state index >= 15 is 0 Å². The number of aromatic nitrogens is 4. The van der Waals surface area contributed by atoms with Crippen molar-refractivity contribution >= 4 is 23.4 Å². The Hall–Kier alpha value is -5.11. The fourth-order valence-electron chi connectivity index (χ4n) is 3.54. The number of nitrogens with two attached hydrogens (primary N) is 1. The molecule has 194 valence electrons. The molecule has 0 aliphatic rings. The first kappa shape index (κ1) is 26.0. The van der Waals surface area contributed by atoms with E-state index in [1.165, 1.54) is 6.33 Å². The molecule has 4 aromatic rings. The number of benzene rings is 2. The predicted molar refractivity (Wildman–Crippen MR) is 144 cm³/mol. The number of nitrogens with one attached hydrogen (secondary N) is 2. The number of hydrogen-bond acceptors (Lipinski definition) is 8. The Labute approximate surface area is 220 Å². The van der Waals surface area contributed by atoms with Crippen molar-refractivity contribution in [1.29, 1.82) is 5.26 Å². The van der Waals surface area contributed by atoms with Crippen LogP contribution in [0.2, 0.25) is 0 Å². The summed E-state index contributed by atoms with van der Waals surface area (Å²) in [7, 11) is 1.61. The van der Waals surface area contributed by atoms with Gasteiger partial charge in [0, 0.05) is 17.2 Å². The van der Waals surface area contributed by atoms with Gasteiger partial charge in [0.2, 0.25) is 5.88 Å². The maximum absolute atomic E-state index is 13.0. The molecule has 2 aromatic carbocycles. The first-order valence-corrected chi connectivity index (χ1v) is 11.7. The third-order valence-corrected chi connectivity index (χ3v) is 5.65. The largest absolute Gasteiger partial charge is 0.497 e. The van der Waals surface area contributed by atoms with Gasteiger partial charge in [-0.1, -0.05) is 20.8 Å². The van der Waals surface area contributed by atoms with Gasteiger partial charge in [-0.2, -0.15) is 10.4 Å². The molecule has 0 saturated carbocycles. The molecule has 38 heavy (non-hydrogen) atoms. The lowest BCUT2D eigenvalue weighted by Crippen LogP contribution is -2.21. The number of nitrogens with zero attached hydrogens (tertiary/aromatic N) is 5. The zero-order valence-electron chi connectivity index (χ0n) is 21.7. The number of nitriles is 1. The normalized spacial score (nSPS) is 10.9. The van der Waals surface area contributed by atoms with Crippen molar-refractivity contribution in [3.05, 3.63) is 71.7 Å². The van der Waals surface area contributed by atoms with Gasteiger partial charge < -0.3 is 20.5 Å². The Balaban J connectivity index is 1.53. The summed E-state index contributed by atoms with van der Waals surface area (Å²) in [5, 5.41) is 19.8. The second kappa shape index (κ2) is 10.5. The van der Waals surface area contributed by atoms with Crippen LogP contribution in [0.1, 0.15) is 37.6 Å². The smallest absolute Gasteiger partial charge is 0.324 e. The Morgan fingerprint density at radius 1 is 1.05 bits per heavy atom. The first-order valence-electron chi connectivity index (χ1n) is 11.7. The van der Waals surface area contributed by atoms with E-state index in [0.29, 0.717) is 17.3 Å². The zero-order valence-corrected chi connectivity index (χ0v) is 21.7. The van der Waals surface area contributed by atoms with Gasteiger partial charge in [0.25, 0.3) is 0 Å². The number of carbonyl (C=O) groups excluding carboxylic acids is 1. The van der Waals surface area contributed by atoms with Gasteiger partial charge in [-0.05, 0) is 55.0 Å². The molecule has 4 N–H and O–H groups in total. The lowest BCUT2D eigenvalue weighted by molar-refractivity contribution is 0.262. The van der Waals surface area contributed by atoms with Crippen LogP contribution in [0, 0.1) is 18.3 Å². The zero-order chi connectivity index (χ0) is 27.4. The van der Waals surface area contributed by atoms with Crippen LogP contribution in [-0.4, -0.2) is 32.9 Å². The lowest BCUT2D eigenvalue weighted by Gasteiger charge is -2.14. The molecule has 11 nitrogen and oxygen atoms in total. The van der Waals surface area contributed by atoms with Crippen molar-refractivity contribution in [2.24, 2.45) is 0 Å². The van der Waals surface area contributed by atoms with Crippen molar-refractivity contribution in [1.82, 2.24) is 19.7 Å². The molecule has 0 spiro atoms. The third kappa shape index (κ3) is 5.65. The summed E-state index contributed by atoms with van der Waals surface area (Å²) in [5.41, 5.74) is 8.45. The number of hydrogen-bond donors (Lipinski definition) is 3. The van der Waals surface area contributed by atoms with Gasteiger partial charge >= 0.3 is 6.03 Å². The maximum Gasteiger partial charge on any atom is 0.324 e. The molecule has 2 amide bonds. The Bertz CT molecular complexity index is 1520. The Kier molecular flexibility index (Phi) is 7.16. The number of methoxy groups -OCH3 is 1. The first-order chi connectivity index (χ1) is 18.1. The number of amides is 2. The molecule has 0 fully saturated rings. The lowest BCUT2D eigenvalue weighted by atomic mass is 9.92. The summed E-state index contributed by atoms with van der Waals surface area (Å²) in [6.45, 7) is 7.99. The fraction of sp³-hybridized carbons (Fsp3) is 0.222. The highest BCUT2D eigenvalue weighted by Crippen LogP contribution is 2.29. The van der Waals surface area contributed by atoms with E-state index in [1.54, 1.807) is 30.0 Å². The molecule has 0 radical (unpaired) electrons. The second-order valence-electron chi connectivity index (χ2n) is 9.48. The van der Waals surface area contributed by atoms with Crippen LogP contribution in [0.5, 0.6) is 17.4 Å². The van der Waals surface area contributed by atoms with E-state index in [-0.39, 0.29) is 22.7 Å². The van der Waals surface area contributed by atoms with Gasteiger partial charge in [0.05, 0.1) is 18.5 Å². The monoisotopic (exact) mass is 512 g/mol. The summed E-state index contributed by atoms with van der Waals surface area (Å²) in [6.07, 6.45) is 1.22. The van der Waals surface area contributed by atoms with Crippen LogP contribution in [0.4, 0.5) is 22.1 Å². The molecular formula is C27H28N8O3. The van der Waals surface area contributed by atoms with Gasteiger partial charge in [0.15, 0.2) is 5.56 Å². The highest BCUT2D eigenvalue weighted by atomic mass is 16.5. The topological polar surface area (TPSA) is 153 Å². The Morgan fingerprint density at radius 3 is 2.39 bits per heavy atom. The molecular weight excluding hydrogens is 484 g/mol. The van der Waals surface area contributed by atoms with Crippen LogP contribution in [0.25, 0.3) is 5.69 Å². The number of urea groups is 1. The summed E-state index contributed by atoms with van der Waals surface area (Å²) in [5.74, 6) is 1.75. The summed E-state index contributed by atoms with van der Waals surface area (Å²) in [6, 6.07) is 15.8. The number of ether oxygens (including phenoxy) is 2. The second-order valence-corrected chi connectivity index (χ2v) is 9.48. The van der Waals surface area contributed by atoms with Gasteiger partial charge in [-0.3, -0.25) is 5.32 Å². The van der Waals surface area contributed by atoms with Crippen LogP contribution < -0.4 is 25.8 Å². The van der Waals surface area contributed by atoms with E-state index in [9.17, 15) is 10.1 Å². The van der Waals surface area contributed by atoms with Crippen molar-refractivity contribution in [3.63, 3.8) is 0 Å². The summed E-state index contributed by atoms with van der Waals surface area (Å²) < 4.78 is 12.7. The minimum atomic E-state index is -0.438. The highest BCUT2D eigenvalue weighted by molar-refractivity contribution is 6.00. The van der Waals surface area contributed by atoms with Crippen molar-refractivity contribution < 1.29 is 14.3 Å². The number of nitrogen functional groups attached to an aromatic ring is 1. The van der Waals surface area contributed by atoms with Gasteiger partial charge in [0.1, 0.15) is 35.5 Å². The van der Waals surface area contributed by atoms with Crippen molar-refractivity contribution in [2.75, 3.05) is 23.5 Å². The van der Waals surface area contributed by atoms with Crippen molar-refractivity contribution in [2.45, 2.75) is 33.1 Å². The van der Waals surface area contributed by atoms with Crippen LogP contribution in [-0.2, 0) is 5.41 Å². The molecule has 0 bridgehead atoms. The predicted octanol–water partition coefficient (Wildman–Crippen LogP) is 5.17. The molecule has 2 heterocycles. The van der Waals surface area contributed by atoms with E-state index in [4.69, 9.17) is 20.3 Å². The van der Waals surface area contributed by atoms with E-state index in [1.807, 2.05) is 43.3 Å². The average Bonchev–Trinajstić information content (AvgIpc) is 3.30. The number of rotatable bonds is 6.